The lowest BCUT2D eigenvalue weighted by Crippen LogP contribution is -2.39. The number of benzene rings is 1. The zero-order chi connectivity index (χ0) is 25.1. The molecule has 0 spiro atoms. The van der Waals surface area contributed by atoms with E-state index in [1.165, 1.54) is 19.1 Å². The number of aliphatic hydroxyl groups excluding tert-OH is 2. The lowest BCUT2D eigenvalue weighted by atomic mass is 9.76. The fourth-order valence-electron chi connectivity index (χ4n) is 3.49. The number of sulfonamides is 1. The van der Waals surface area contributed by atoms with Gasteiger partial charge < -0.3 is 15.3 Å². The van der Waals surface area contributed by atoms with Crippen LogP contribution in [0, 0.1) is 18.7 Å². The van der Waals surface area contributed by atoms with Crippen molar-refractivity contribution in [3.05, 3.63) is 65.3 Å². The van der Waals surface area contributed by atoms with Crippen molar-refractivity contribution in [2.45, 2.75) is 44.8 Å². The zero-order valence-corrected chi connectivity index (χ0v) is 19.5. The van der Waals surface area contributed by atoms with Crippen LogP contribution in [-0.4, -0.2) is 58.1 Å². The van der Waals surface area contributed by atoms with Gasteiger partial charge in [0, 0.05) is 23.4 Å². The zero-order valence-electron chi connectivity index (χ0n) is 18.7. The van der Waals surface area contributed by atoms with Crippen LogP contribution in [0.5, 0.6) is 0 Å². The maximum Gasteiger partial charge on any atom is 0.313 e. The van der Waals surface area contributed by atoms with Crippen LogP contribution < -0.4 is 4.72 Å². The number of aliphatic hydroxyl groups is 2. The number of carbonyl (C=O) groups is 1. The van der Waals surface area contributed by atoms with Crippen molar-refractivity contribution in [3.8, 4) is 0 Å². The largest absolute Gasteiger partial charge is 0.481 e. The van der Waals surface area contributed by atoms with Crippen molar-refractivity contribution in [2.75, 3.05) is 11.0 Å². The van der Waals surface area contributed by atoms with Gasteiger partial charge in [-0.3, -0.25) is 9.52 Å². The van der Waals surface area contributed by atoms with E-state index in [0.717, 1.165) is 24.6 Å². The molecule has 2 aromatic rings. The minimum atomic E-state index is -3.66. The minimum absolute atomic E-state index is 0.0310. The Labute approximate surface area is 192 Å². The van der Waals surface area contributed by atoms with Crippen molar-refractivity contribution < 1.29 is 32.9 Å². The topological polar surface area (TPSA) is 150 Å². The van der Waals surface area contributed by atoms with Gasteiger partial charge in [0.2, 0.25) is 16.0 Å². The van der Waals surface area contributed by atoms with E-state index in [0.29, 0.717) is 11.1 Å². The summed E-state index contributed by atoms with van der Waals surface area (Å²) in [6.07, 6.45) is -0.989. The molecule has 11 heteroatoms. The van der Waals surface area contributed by atoms with Gasteiger partial charge in [0.1, 0.15) is 11.7 Å². The number of halogens is 1. The molecule has 0 aliphatic heterocycles. The molecule has 0 bridgehead atoms. The van der Waals surface area contributed by atoms with Gasteiger partial charge in [-0.2, -0.15) is 0 Å². The van der Waals surface area contributed by atoms with Crippen molar-refractivity contribution in [1.29, 1.82) is 0 Å². The van der Waals surface area contributed by atoms with Crippen molar-refractivity contribution in [2.24, 2.45) is 5.92 Å². The normalized spacial score (nSPS) is 15.5. The van der Waals surface area contributed by atoms with E-state index in [1.807, 2.05) is 0 Å². The van der Waals surface area contributed by atoms with Gasteiger partial charge in [0.25, 0.3) is 0 Å². The highest BCUT2D eigenvalue weighted by molar-refractivity contribution is 7.91. The second-order valence-electron chi connectivity index (χ2n) is 8.17. The number of aliphatic carboxylic acids is 1. The van der Waals surface area contributed by atoms with E-state index in [1.54, 1.807) is 13.8 Å². The van der Waals surface area contributed by atoms with Crippen molar-refractivity contribution in [1.82, 2.24) is 9.97 Å². The number of aromatic nitrogens is 2. The number of hydrogen-bond donors (Lipinski definition) is 4. The Morgan fingerprint density at radius 2 is 1.76 bits per heavy atom. The standard InChI is InChI=1S/C22H28FN3O6S/c1-11(2)12(3)19(27)17(14-6-8-15(23)9-7-14)20(28)18(21(29)30)16-10-24-22(25-13(16)4)26-33(5,31)32/h6-11,17-20,27-28H,3H2,1-2,4-5H3,(H,29,30)(H,24,25,26)/t17?,18?,19-,20-/m1/s1. The number of anilines is 1. The summed E-state index contributed by atoms with van der Waals surface area (Å²) >= 11 is 0. The van der Waals surface area contributed by atoms with Crippen LogP contribution in [0.3, 0.4) is 0 Å². The molecule has 4 atom stereocenters. The average molecular weight is 482 g/mol. The van der Waals surface area contributed by atoms with E-state index >= 15 is 0 Å². The fourth-order valence-corrected chi connectivity index (χ4v) is 3.92. The number of nitrogens with zero attached hydrogens (tertiary/aromatic N) is 2. The summed E-state index contributed by atoms with van der Waals surface area (Å²) in [6.45, 7) is 8.90. The van der Waals surface area contributed by atoms with E-state index < -0.39 is 45.9 Å². The first kappa shape index (κ1) is 26.4. The first-order valence-electron chi connectivity index (χ1n) is 10.1. The van der Waals surface area contributed by atoms with Crippen LogP contribution in [0.1, 0.15) is 42.5 Å². The molecule has 0 fully saturated rings. The number of rotatable bonds is 10. The molecule has 9 nitrogen and oxygen atoms in total. The lowest BCUT2D eigenvalue weighted by molar-refractivity contribution is -0.142. The molecule has 33 heavy (non-hydrogen) atoms. The predicted octanol–water partition coefficient (Wildman–Crippen LogP) is 2.18. The predicted molar refractivity (Wildman–Crippen MR) is 121 cm³/mol. The van der Waals surface area contributed by atoms with Crippen LogP contribution in [0.4, 0.5) is 10.3 Å². The Morgan fingerprint density at radius 3 is 2.21 bits per heavy atom. The molecular weight excluding hydrogens is 453 g/mol. The van der Waals surface area contributed by atoms with E-state index in [2.05, 4.69) is 21.3 Å². The van der Waals surface area contributed by atoms with Gasteiger partial charge in [-0.15, -0.1) is 0 Å². The number of carboxylic acid groups (broad SMARTS) is 1. The second-order valence-corrected chi connectivity index (χ2v) is 9.92. The quantitative estimate of drug-likeness (QED) is 0.377. The third kappa shape index (κ3) is 6.56. The molecule has 4 N–H and O–H groups in total. The number of aryl methyl sites for hydroxylation is 1. The third-order valence-electron chi connectivity index (χ3n) is 5.32. The molecule has 1 aromatic carbocycles. The molecule has 0 saturated carbocycles. The number of carboxylic acids is 1. The first-order chi connectivity index (χ1) is 15.2. The van der Waals surface area contributed by atoms with Gasteiger partial charge in [0.05, 0.1) is 18.5 Å². The SMILES string of the molecule is C=C(C(C)C)[C@@H](O)C(c1ccc(F)cc1)[C@@H](O)C(C(=O)O)c1cnc(NS(C)(=O)=O)nc1C. The summed E-state index contributed by atoms with van der Waals surface area (Å²) in [7, 11) is -3.66. The highest BCUT2D eigenvalue weighted by atomic mass is 32.2. The molecular formula is C22H28FN3O6S. The summed E-state index contributed by atoms with van der Waals surface area (Å²) in [5.41, 5.74) is 0.840. The molecule has 0 saturated heterocycles. The number of nitrogens with one attached hydrogen (secondary N) is 1. The molecule has 2 unspecified atom stereocenters. The summed E-state index contributed by atoms with van der Waals surface area (Å²) < 4.78 is 38.4. The monoisotopic (exact) mass is 481 g/mol. The molecule has 0 amide bonds. The summed E-state index contributed by atoms with van der Waals surface area (Å²) in [5.74, 6) is -5.10. The van der Waals surface area contributed by atoms with Crippen molar-refractivity contribution >= 4 is 21.9 Å². The van der Waals surface area contributed by atoms with Crippen LogP contribution in [0.15, 0.2) is 42.6 Å². The summed E-state index contributed by atoms with van der Waals surface area (Å²) in [4.78, 5) is 20.1. The lowest BCUT2D eigenvalue weighted by Gasteiger charge is -2.33. The smallest absolute Gasteiger partial charge is 0.313 e. The van der Waals surface area contributed by atoms with Gasteiger partial charge in [-0.1, -0.05) is 32.6 Å². The third-order valence-corrected chi connectivity index (χ3v) is 5.87. The molecule has 1 aromatic heterocycles. The van der Waals surface area contributed by atoms with Gasteiger partial charge in [-0.25, -0.2) is 22.8 Å². The Balaban J connectivity index is 2.57. The Bertz CT molecular complexity index is 1120. The molecule has 0 aliphatic rings. The van der Waals surface area contributed by atoms with E-state index in [4.69, 9.17) is 0 Å². The maximum absolute atomic E-state index is 13.5. The first-order valence-corrected chi connectivity index (χ1v) is 12.0. The molecule has 0 radical (unpaired) electrons. The van der Waals surface area contributed by atoms with Gasteiger partial charge >= 0.3 is 5.97 Å². The maximum atomic E-state index is 13.5. The Morgan fingerprint density at radius 1 is 1.18 bits per heavy atom. The van der Waals surface area contributed by atoms with Crippen LogP contribution in [-0.2, 0) is 14.8 Å². The molecule has 2 rings (SSSR count). The second kappa shape index (κ2) is 10.4. The van der Waals surface area contributed by atoms with Crippen LogP contribution >= 0.6 is 0 Å². The van der Waals surface area contributed by atoms with E-state index in [9.17, 15) is 32.9 Å². The van der Waals surface area contributed by atoms with Gasteiger partial charge in [0.15, 0.2) is 0 Å². The highest BCUT2D eigenvalue weighted by Crippen LogP contribution is 2.37. The Hall–Kier alpha value is -2.89. The average Bonchev–Trinajstić information content (AvgIpc) is 2.69. The highest BCUT2D eigenvalue weighted by Gasteiger charge is 2.41. The number of hydrogen-bond acceptors (Lipinski definition) is 7. The van der Waals surface area contributed by atoms with Gasteiger partial charge in [-0.05, 0) is 36.1 Å². The molecule has 1 heterocycles. The minimum Gasteiger partial charge on any atom is -0.481 e. The summed E-state index contributed by atoms with van der Waals surface area (Å²) in [5, 5.41) is 32.2. The molecule has 0 aliphatic carbocycles. The summed E-state index contributed by atoms with van der Waals surface area (Å²) in [6, 6.07) is 5.02. The van der Waals surface area contributed by atoms with Crippen molar-refractivity contribution in [3.63, 3.8) is 0 Å². The van der Waals surface area contributed by atoms with Crippen LogP contribution in [0.2, 0.25) is 0 Å². The fraction of sp³-hybridized carbons (Fsp3) is 0.409. The van der Waals surface area contributed by atoms with Crippen LogP contribution in [0.25, 0.3) is 0 Å². The Kier molecular flexibility index (Phi) is 8.28. The molecule has 180 valence electrons. The van der Waals surface area contributed by atoms with E-state index in [-0.39, 0.29) is 23.1 Å².